The van der Waals surface area contributed by atoms with E-state index < -0.39 is 24.2 Å². The summed E-state index contributed by atoms with van der Waals surface area (Å²) < 4.78 is 36.5. The van der Waals surface area contributed by atoms with E-state index in [1.165, 1.54) is 6.92 Å². The molecule has 0 aliphatic carbocycles. The lowest BCUT2D eigenvalue weighted by molar-refractivity contribution is -0.188. The van der Waals surface area contributed by atoms with Crippen molar-refractivity contribution >= 4 is 18.3 Å². The molecule has 0 bridgehead atoms. The van der Waals surface area contributed by atoms with Crippen LogP contribution in [0.15, 0.2) is 0 Å². The van der Waals surface area contributed by atoms with Crippen LogP contribution in [-0.2, 0) is 4.79 Å². The predicted octanol–water partition coefficient (Wildman–Crippen LogP) is 0.152. The second-order valence-electron chi connectivity index (χ2n) is 3.38. The molecule has 4 nitrogen and oxygen atoms in total. The van der Waals surface area contributed by atoms with E-state index in [1.54, 1.807) is 0 Å². The third-order valence-electron chi connectivity index (χ3n) is 2.40. The summed E-state index contributed by atoms with van der Waals surface area (Å²) in [5.74, 6) is -1.89. The summed E-state index contributed by atoms with van der Waals surface area (Å²) in [7, 11) is 0. The van der Waals surface area contributed by atoms with E-state index in [1.807, 2.05) is 0 Å². The van der Waals surface area contributed by atoms with Gasteiger partial charge in [-0.15, -0.1) is 12.4 Å². The molecular formula is C8H14ClF3N2O2. The molecule has 0 saturated carbocycles. The van der Waals surface area contributed by atoms with E-state index in [9.17, 15) is 23.1 Å². The number of halogens is 4. The Morgan fingerprint density at radius 2 is 2.06 bits per heavy atom. The van der Waals surface area contributed by atoms with Crippen LogP contribution in [-0.4, -0.2) is 53.9 Å². The number of likely N-dealkylation sites (N-methyl/N-ethyl adjacent to an activating group) is 1. The summed E-state index contributed by atoms with van der Waals surface area (Å²) in [6.45, 7) is 1.79. The standard InChI is InChI=1S/C8H13F3N2O2.ClH/c1-2-13(7(15)8(9,10)11)5-3-12-4-6(5)14;/h5-6,12,14H,2-4H2,1H3;1H/t5-,6-;/m1./s1. The highest BCUT2D eigenvalue weighted by Gasteiger charge is 2.46. The Labute approximate surface area is 97.2 Å². The Morgan fingerprint density at radius 1 is 1.50 bits per heavy atom. The van der Waals surface area contributed by atoms with E-state index in [2.05, 4.69) is 5.32 Å². The molecule has 96 valence electrons. The number of rotatable bonds is 2. The molecule has 2 atom stereocenters. The number of carbonyl (C=O) groups excluding carboxylic acids is 1. The van der Waals surface area contributed by atoms with E-state index in [4.69, 9.17) is 0 Å². The summed E-state index contributed by atoms with van der Waals surface area (Å²) in [6, 6.07) is -0.788. The van der Waals surface area contributed by atoms with Crippen LogP contribution in [0, 0.1) is 0 Å². The highest BCUT2D eigenvalue weighted by atomic mass is 35.5. The lowest BCUT2D eigenvalue weighted by Crippen LogP contribution is -2.51. The van der Waals surface area contributed by atoms with Gasteiger partial charge in [-0.2, -0.15) is 13.2 Å². The second kappa shape index (κ2) is 5.70. The van der Waals surface area contributed by atoms with Crippen LogP contribution in [0.5, 0.6) is 0 Å². The number of amides is 1. The second-order valence-corrected chi connectivity index (χ2v) is 3.38. The highest BCUT2D eigenvalue weighted by Crippen LogP contribution is 2.21. The molecule has 2 N–H and O–H groups in total. The molecule has 0 unspecified atom stereocenters. The Morgan fingerprint density at radius 3 is 2.38 bits per heavy atom. The average molecular weight is 263 g/mol. The van der Waals surface area contributed by atoms with Gasteiger partial charge in [0.1, 0.15) is 0 Å². The van der Waals surface area contributed by atoms with Crippen molar-refractivity contribution in [1.82, 2.24) is 10.2 Å². The van der Waals surface area contributed by atoms with Gasteiger partial charge >= 0.3 is 12.1 Å². The van der Waals surface area contributed by atoms with Crippen LogP contribution < -0.4 is 5.32 Å². The molecular weight excluding hydrogens is 249 g/mol. The molecule has 0 aromatic heterocycles. The number of hydrogen-bond donors (Lipinski definition) is 2. The zero-order valence-electron chi connectivity index (χ0n) is 8.62. The molecule has 16 heavy (non-hydrogen) atoms. The molecule has 1 saturated heterocycles. The molecule has 1 aliphatic heterocycles. The third-order valence-corrected chi connectivity index (χ3v) is 2.40. The first-order valence-electron chi connectivity index (χ1n) is 4.64. The van der Waals surface area contributed by atoms with Crippen molar-refractivity contribution in [2.45, 2.75) is 25.2 Å². The topological polar surface area (TPSA) is 52.6 Å². The van der Waals surface area contributed by atoms with Crippen molar-refractivity contribution in [3.8, 4) is 0 Å². The number of aliphatic hydroxyl groups is 1. The molecule has 0 spiro atoms. The first kappa shape index (κ1) is 15.5. The molecule has 0 aromatic carbocycles. The SMILES string of the molecule is CCN(C(=O)C(F)(F)F)[C@@H]1CNC[C@H]1O.Cl. The lowest BCUT2D eigenvalue weighted by atomic mass is 10.2. The minimum absolute atomic E-state index is 0. The number of alkyl halides is 3. The molecule has 1 fully saturated rings. The third kappa shape index (κ3) is 3.23. The maximum absolute atomic E-state index is 12.2. The van der Waals surface area contributed by atoms with E-state index >= 15 is 0 Å². The van der Waals surface area contributed by atoms with Gasteiger partial charge in [0, 0.05) is 19.6 Å². The van der Waals surface area contributed by atoms with Gasteiger partial charge < -0.3 is 15.3 Å². The van der Waals surface area contributed by atoms with Crippen LogP contribution in [0.4, 0.5) is 13.2 Å². The summed E-state index contributed by atoms with van der Waals surface area (Å²) in [5, 5.41) is 12.1. The van der Waals surface area contributed by atoms with Gasteiger partial charge in [0.05, 0.1) is 12.1 Å². The zero-order valence-corrected chi connectivity index (χ0v) is 9.44. The Hall–Kier alpha value is -0.530. The minimum Gasteiger partial charge on any atom is -0.390 e. The van der Waals surface area contributed by atoms with Gasteiger partial charge in [-0.1, -0.05) is 0 Å². The molecule has 0 radical (unpaired) electrons. The molecule has 0 aromatic rings. The predicted molar refractivity (Wildman–Crippen MR) is 53.4 cm³/mol. The fourth-order valence-corrected chi connectivity index (χ4v) is 1.66. The van der Waals surface area contributed by atoms with Gasteiger partial charge in [-0.3, -0.25) is 4.79 Å². The van der Waals surface area contributed by atoms with Crippen molar-refractivity contribution in [2.24, 2.45) is 0 Å². The monoisotopic (exact) mass is 262 g/mol. The quantitative estimate of drug-likeness (QED) is 0.745. The number of nitrogens with one attached hydrogen (secondary N) is 1. The Bertz CT molecular complexity index is 250. The van der Waals surface area contributed by atoms with Crippen LogP contribution in [0.2, 0.25) is 0 Å². The Balaban J connectivity index is 0.00000225. The largest absolute Gasteiger partial charge is 0.471 e. The van der Waals surface area contributed by atoms with Crippen molar-refractivity contribution in [1.29, 1.82) is 0 Å². The smallest absolute Gasteiger partial charge is 0.390 e. The fraction of sp³-hybridized carbons (Fsp3) is 0.875. The maximum atomic E-state index is 12.2. The normalized spacial score (nSPS) is 25.1. The number of aliphatic hydroxyl groups excluding tert-OH is 1. The van der Waals surface area contributed by atoms with E-state index in [0.29, 0.717) is 4.90 Å². The molecule has 1 heterocycles. The molecule has 1 aliphatic rings. The summed E-state index contributed by atoms with van der Waals surface area (Å²) in [6.07, 6.45) is -5.81. The van der Waals surface area contributed by atoms with Crippen molar-refractivity contribution in [2.75, 3.05) is 19.6 Å². The van der Waals surface area contributed by atoms with Gasteiger partial charge in [0.25, 0.3) is 0 Å². The fourth-order valence-electron chi connectivity index (χ4n) is 1.66. The summed E-state index contributed by atoms with van der Waals surface area (Å²) in [5.41, 5.74) is 0. The lowest BCUT2D eigenvalue weighted by Gasteiger charge is -2.29. The maximum Gasteiger partial charge on any atom is 0.471 e. The van der Waals surface area contributed by atoms with E-state index in [-0.39, 0.29) is 32.0 Å². The van der Waals surface area contributed by atoms with Crippen molar-refractivity contribution in [3.63, 3.8) is 0 Å². The zero-order chi connectivity index (χ0) is 11.6. The minimum atomic E-state index is -4.88. The highest BCUT2D eigenvalue weighted by molar-refractivity contribution is 5.85. The van der Waals surface area contributed by atoms with Crippen molar-refractivity contribution < 1.29 is 23.1 Å². The van der Waals surface area contributed by atoms with Crippen LogP contribution in [0.1, 0.15) is 6.92 Å². The van der Waals surface area contributed by atoms with Crippen LogP contribution in [0.25, 0.3) is 0 Å². The van der Waals surface area contributed by atoms with Gasteiger partial charge in [0.2, 0.25) is 0 Å². The molecule has 8 heteroatoms. The number of carbonyl (C=O) groups is 1. The number of β-amino-alcohol motifs (C(OH)–C–C–N with tert-alkyl or cyclic N) is 1. The first-order valence-corrected chi connectivity index (χ1v) is 4.64. The molecule has 1 rings (SSSR count). The summed E-state index contributed by atoms with van der Waals surface area (Å²) >= 11 is 0. The first-order chi connectivity index (χ1) is 6.88. The molecule has 1 amide bonds. The van der Waals surface area contributed by atoms with Gasteiger partial charge in [0.15, 0.2) is 0 Å². The van der Waals surface area contributed by atoms with Crippen molar-refractivity contribution in [3.05, 3.63) is 0 Å². The van der Waals surface area contributed by atoms with Crippen LogP contribution >= 0.6 is 12.4 Å². The number of hydrogen-bond acceptors (Lipinski definition) is 3. The van der Waals surface area contributed by atoms with Gasteiger partial charge in [-0.05, 0) is 6.92 Å². The average Bonchev–Trinajstić information content (AvgIpc) is 2.52. The Kier molecular flexibility index (Phi) is 5.51. The van der Waals surface area contributed by atoms with E-state index in [0.717, 1.165) is 0 Å². The van der Waals surface area contributed by atoms with Gasteiger partial charge in [-0.25, -0.2) is 0 Å². The summed E-state index contributed by atoms with van der Waals surface area (Å²) in [4.78, 5) is 11.6. The van der Waals surface area contributed by atoms with Crippen LogP contribution in [0.3, 0.4) is 0 Å². The number of nitrogens with zero attached hydrogens (tertiary/aromatic N) is 1.